The van der Waals surface area contributed by atoms with E-state index in [0.29, 0.717) is 12.0 Å². The largest absolute Gasteiger partial charge is 0.493 e. The second-order valence-corrected chi connectivity index (χ2v) is 2.99. The molecule has 1 rings (SSSR count). The Hall–Kier alpha value is -1.35. The minimum Gasteiger partial charge on any atom is -0.493 e. The molecular weight excluding hydrogens is 181 g/mol. The van der Waals surface area contributed by atoms with Gasteiger partial charge in [-0.1, -0.05) is 18.2 Å². The molecule has 2 nitrogen and oxygen atoms in total. The van der Waals surface area contributed by atoms with Gasteiger partial charge in [-0.05, 0) is 12.5 Å². The number of ether oxygens (including phenoxy) is 1. The molecule has 0 spiro atoms. The average molecular weight is 195 g/mol. The third kappa shape index (κ3) is 2.12. The molecule has 0 heterocycles. The van der Waals surface area contributed by atoms with Crippen molar-refractivity contribution < 1.29 is 9.13 Å². The Morgan fingerprint density at radius 3 is 2.93 bits per heavy atom. The lowest BCUT2D eigenvalue weighted by Crippen LogP contribution is -2.11. The highest BCUT2D eigenvalue weighted by Crippen LogP contribution is 2.28. The molecule has 0 saturated heterocycles. The summed E-state index contributed by atoms with van der Waals surface area (Å²) in [4.78, 5) is 0. The fraction of sp³-hybridized carbons (Fsp3) is 0.273. The Balaban J connectivity index is 3.06. The zero-order chi connectivity index (χ0) is 10.6. The predicted molar refractivity (Wildman–Crippen MR) is 54.7 cm³/mol. The van der Waals surface area contributed by atoms with Crippen LogP contribution in [0.1, 0.15) is 18.0 Å². The Morgan fingerprint density at radius 1 is 1.64 bits per heavy atom. The van der Waals surface area contributed by atoms with Gasteiger partial charge in [-0.25, -0.2) is 4.39 Å². The van der Waals surface area contributed by atoms with Crippen molar-refractivity contribution in [1.82, 2.24) is 0 Å². The van der Waals surface area contributed by atoms with E-state index in [0.717, 1.165) is 0 Å². The van der Waals surface area contributed by atoms with Crippen LogP contribution in [0.15, 0.2) is 30.9 Å². The first kappa shape index (κ1) is 10.7. The summed E-state index contributed by atoms with van der Waals surface area (Å²) in [6.07, 6.45) is 2.30. The Morgan fingerprint density at radius 2 is 2.36 bits per heavy atom. The maximum atomic E-state index is 13.2. The van der Waals surface area contributed by atoms with E-state index in [-0.39, 0.29) is 17.6 Å². The number of methoxy groups -OCH3 is 1. The summed E-state index contributed by atoms with van der Waals surface area (Å²) < 4.78 is 18.2. The first-order valence-electron chi connectivity index (χ1n) is 4.39. The van der Waals surface area contributed by atoms with E-state index in [2.05, 4.69) is 6.58 Å². The van der Waals surface area contributed by atoms with Gasteiger partial charge >= 0.3 is 0 Å². The number of nitrogens with two attached hydrogens (primary N) is 1. The summed E-state index contributed by atoms with van der Waals surface area (Å²) in [7, 11) is 1.43. The highest BCUT2D eigenvalue weighted by Gasteiger charge is 2.13. The van der Waals surface area contributed by atoms with Crippen LogP contribution in [0.25, 0.3) is 0 Å². The van der Waals surface area contributed by atoms with Gasteiger partial charge < -0.3 is 10.5 Å². The number of rotatable bonds is 4. The SMILES string of the molecule is C=CC[C@H](N)c1cccc(F)c1OC. The molecule has 3 heteroatoms. The summed E-state index contributed by atoms with van der Waals surface area (Å²) in [6, 6.07) is 4.47. The van der Waals surface area contributed by atoms with Crippen molar-refractivity contribution in [3.63, 3.8) is 0 Å². The molecule has 76 valence electrons. The minimum absolute atomic E-state index is 0.224. The molecule has 2 N–H and O–H groups in total. The van der Waals surface area contributed by atoms with E-state index in [1.165, 1.54) is 13.2 Å². The first-order valence-corrected chi connectivity index (χ1v) is 4.39. The van der Waals surface area contributed by atoms with Gasteiger partial charge in [0, 0.05) is 11.6 Å². The second kappa shape index (κ2) is 4.77. The van der Waals surface area contributed by atoms with Crippen LogP contribution in [0.2, 0.25) is 0 Å². The van der Waals surface area contributed by atoms with Gasteiger partial charge in [-0.2, -0.15) is 0 Å². The molecule has 0 bridgehead atoms. The smallest absolute Gasteiger partial charge is 0.165 e. The van der Waals surface area contributed by atoms with Crippen molar-refractivity contribution in [1.29, 1.82) is 0 Å². The van der Waals surface area contributed by atoms with Crippen LogP contribution in [0.3, 0.4) is 0 Å². The van der Waals surface area contributed by atoms with Gasteiger partial charge in [0.05, 0.1) is 7.11 Å². The summed E-state index contributed by atoms with van der Waals surface area (Å²) >= 11 is 0. The molecule has 1 aromatic rings. The van der Waals surface area contributed by atoms with Crippen molar-refractivity contribution >= 4 is 0 Å². The summed E-state index contributed by atoms with van der Waals surface area (Å²) in [5.74, 6) is -0.161. The normalized spacial score (nSPS) is 12.2. The average Bonchev–Trinajstić information content (AvgIpc) is 2.17. The predicted octanol–water partition coefficient (Wildman–Crippen LogP) is 2.41. The fourth-order valence-corrected chi connectivity index (χ4v) is 1.34. The molecule has 1 aromatic carbocycles. The quantitative estimate of drug-likeness (QED) is 0.749. The molecule has 0 aromatic heterocycles. The van der Waals surface area contributed by atoms with Crippen LogP contribution < -0.4 is 10.5 Å². The number of hydrogen-bond acceptors (Lipinski definition) is 2. The van der Waals surface area contributed by atoms with E-state index in [1.54, 1.807) is 18.2 Å². The molecule has 1 atom stereocenters. The Bertz CT molecular complexity index is 325. The zero-order valence-electron chi connectivity index (χ0n) is 8.16. The van der Waals surface area contributed by atoms with Crippen LogP contribution in [0.4, 0.5) is 4.39 Å². The van der Waals surface area contributed by atoms with Gasteiger partial charge in [0.15, 0.2) is 11.6 Å². The van der Waals surface area contributed by atoms with E-state index < -0.39 is 0 Å². The Kier molecular flexibility index (Phi) is 3.65. The maximum Gasteiger partial charge on any atom is 0.165 e. The second-order valence-electron chi connectivity index (χ2n) is 2.99. The topological polar surface area (TPSA) is 35.2 Å². The van der Waals surface area contributed by atoms with E-state index in [9.17, 15) is 4.39 Å². The molecule has 0 unspecified atom stereocenters. The van der Waals surface area contributed by atoms with Crippen molar-refractivity contribution in [2.45, 2.75) is 12.5 Å². The van der Waals surface area contributed by atoms with E-state index in [1.807, 2.05) is 0 Å². The molecular formula is C11H14FNO. The third-order valence-corrected chi connectivity index (χ3v) is 2.02. The zero-order valence-corrected chi connectivity index (χ0v) is 8.16. The van der Waals surface area contributed by atoms with E-state index >= 15 is 0 Å². The lowest BCUT2D eigenvalue weighted by Gasteiger charge is -2.14. The van der Waals surface area contributed by atoms with Crippen LogP contribution >= 0.6 is 0 Å². The van der Waals surface area contributed by atoms with Crippen LogP contribution in [-0.2, 0) is 0 Å². The molecule has 0 aliphatic rings. The number of hydrogen-bond donors (Lipinski definition) is 1. The van der Waals surface area contributed by atoms with Crippen molar-refractivity contribution in [3.8, 4) is 5.75 Å². The number of para-hydroxylation sites is 1. The molecule has 0 fully saturated rings. The standard InChI is InChI=1S/C11H14FNO/c1-3-5-10(13)8-6-4-7-9(12)11(8)14-2/h3-4,6-7,10H,1,5,13H2,2H3/t10-/m0/s1. The Labute approximate surface area is 83.2 Å². The van der Waals surface area contributed by atoms with Gasteiger partial charge in [0.25, 0.3) is 0 Å². The van der Waals surface area contributed by atoms with Gasteiger partial charge in [-0.15, -0.1) is 6.58 Å². The van der Waals surface area contributed by atoms with Crippen molar-refractivity contribution in [3.05, 3.63) is 42.2 Å². The molecule has 0 saturated carbocycles. The number of benzene rings is 1. The molecule has 0 aliphatic carbocycles. The lowest BCUT2D eigenvalue weighted by atomic mass is 10.0. The third-order valence-electron chi connectivity index (χ3n) is 2.02. The summed E-state index contributed by atoms with van der Waals surface area (Å²) in [5, 5.41) is 0. The minimum atomic E-state index is -0.385. The van der Waals surface area contributed by atoms with Crippen LogP contribution in [-0.4, -0.2) is 7.11 Å². The van der Waals surface area contributed by atoms with Gasteiger partial charge in [0.1, 0.15) is 0 Å². The molecule has 0 aliphatic heterocycles. The van der Waals surface area contributed by atoms with Crippen molar-refractivity contribution in [2.24, 2.45) is 5.73 Å². The molecule has 14 heavy (non-hydrogen) atoms. The lowest BCUT2D eigenvalue weighted by molar-refractivity contribution is 0.378. The van der Waals surface area contributed by atoms with Gasteiger partial charge in [-0.3, -0.25) is 0 Å². The van der Waals surface area contributed by atoms with Crippen LogP contribution in [0, 0.1) is 5.82 Å². The highest BCUT2D eigenvalue weighted by molar-refractivity contribution is 5.37. The van der Waals surface area contributed by atoms with Crippen molar-refractivity contribution in [2.75, 3.05) is 7.11 Å². The fourth-order valence-electron chi connectivity index (χ4n) is 1.34. The monoisotopic (exact) mass is 195 g/mol. The molecule has 0 radical (unpaired) electrons. The number of halogens is 1. The maximum absolute atomic E-state index is 13.2. The molecule has 0 amide bonds. The van der Waals surface area contributed by atoms with Gasteiger partial charge in [0.2, 0.25) is 0 Å². The summed E-state index contributed by atoms with van der Waals surface area (Å²) in [5.41, 5.74) is 6.51. The highest BCUT2D eigenvalue weighted by atomic mass is 19.1. The van der Waals surface area contributed by atoms with Crippen LogP contribution in [0.5, 0.6) is 5.75 Å². The summed E-state index contributed by atoms with van der Waals surface area (Å²) in [6.45, 7) is 3.59. The first-order chi connectivity index (χ1) is 6.70. The van der Waals surface area contributed by atoms with E-state index in [4.69, 9.17) is 10.5 Å².